The molecule has 2 heteroatoms. The quantitative estimate of drug-likeness (QED) is 0.424. The van der Waals surface area contributed by atoms with E-state index in [1.165, 1.54) is 3.11 Å². The van der Waals surface area contributed by atoms with Crippen molar-refractivity contribution in [2.75, 3.05) is 0 Å². The summed E-state index contributed by atoms with van der Waals surface area (Å²) >= 11 is 2.88. The first-order chi connectivity index (χ1) is 2.89. The Morgan fingerprint density at radius 1 is 1.67 bits per heavy atom. The minimum atomic E-state index is 0.708. The Morgan fingerprint density at radius 2 is 2.50 bits per heavy atom. The van der Waals surface area contributed by atoms with Gasteiger partial charge in [0.2, 0.25) is 0 Å². The van der Waals surface area contributed by atoms with Gasteiger partial charge in [-0.3, -0.25) is 0 Å². The molecule has 0 fully saturated rings. The molecule has 1 rings (SSSR count). The molecule has 0 aliphatic rings. The van der Waals surface area contributed by atoms with Gasteiger partial charge in [-0.05, 0) is 0 Å². The van der Waals surface area contributed by atoms with Gasteiger partial charge in [0.25, 0.3) is 0 Å². The Kier molecular flexibility index (Phi) is 1.62. The van der Waals surface area contributed by atoms with E-state index in [1.54, 1.807) is 0 Å². The summed E-state index contributed by atoms with van der Waals surface area (Å²) in [6.07, 6.45) is 0. The molecule has 0 bridgehead atoms. The van der Waals surface area contributed by atoms with Gasteiger partial charge in [-0.2, -0.15) is 0 Å². The summed E-state index contributed by atoms with van der Waals surface area (Å²) < 4.78 is 1.53. The fourth-order valence-electron chi connectivity index (χ4n) is 0.361. The summed E-state index contributed by atoms with van der Waals surface area (Å²) in [5, 5.41) is 0. The zero-order valence-electron chi connectivity index (χ0n) is 3.64. The summed E-state index contributed by atoms with van der Waals surface area (Å²) in [5.41, 5.74) is 0. The van der Waals surface area contributed by atoms with Crippen LogP contribution in [-0.2, 0) is 0 Å². The summed E-state index contributed by atoms with van der Waals surface area (Å²) in [6, 6.07) is 4.29. The second kappa shape index (κ2) is 2.05. The zero-order chi connectivity index (χ0) is 4.41. The molecular formula is C4H3LiSe. The van der Waals surface area contributed by atoms with Crippen molar-refractivity contribution in [3.05, 3.63) is 17.1 Å². The Morgan fingerprint density at radius 3 is 2.67 bits per heavy atom. The Labute approximate surface area is 52.5 Å². The molecule has 0 unspecified atom stereocenters. The predicted molar refractivity (Wildman–Crippen MR) is 28.8 cm³/mol. The van der Waals surface area contributed by atoms with Crippen LogP contribution in [0, 0.1) is 0 Å². The van der Waals surface area contributed by atoms with E-state index in [1.807, 2.05) is 0 Å². The molecule has 0 amide bonds. The van der Waals surface area contributed by atoms with E-state index in [0.717, 1.165) is 0 Å². The fourth-order valence-corrected chi connectivity index (χ4v) is 1.47. The molecule has 1 aromatic rings. The van der Waals surface area contributed by atoms with Crippen LogP contribution < -0.4 is 3.11 Å². The number of rotatable bonds is 0. The monoisotopic (exact) mass is 138 g/mol. The van der Waals surface area contributed by atoms with Crippen molar-refractivity contribution in [2.24, 2.45) is 0 Å². The average molecular weight is 137 g/mol. The molecule has 0 N–H and O–H groups in total. The first-order valence-corrected chi connectivity index (χ1v) is 3.74. The van der Waals surface area contributed by atoms with Crippen LogP contribution in [0.1, 0.15) is 0 Å². The van der Waals surface area contributed by atoms with E-state index in [9.17, 15) is 0 Å². The standard InChI is InChI=1S/C4H3Se.Li/c1-2-4-5-3-1;/h1-3H;. The number of hydrogen-bond donors (Lipinski definition) is 0. The van der Waals surface area contributed by atoms with Gasteiger partial charge < -0.3 is 0 Å². The van der Waals surface area contributed by atoms with Crippen LogP contribution in [0.5, 0.6) is 0 Å². The van der Waals surface area contributed by atoms with E-state index < -0.39 is 0 Å². The van der Waals surface area contributed by atoms with Crippen molar-refractivity contribution >= 4 is 35.3 Å². The second-order valence-electron chi connectivity index (χ2n) is 1.22. The van der Waals surface area contributed by atoms with E-state index in [4.69, 9.17) is 0 Å². The van der Waals surface area contributed by atoms with Gasteiger partial charge >= 0.3 is 52.4 Å². The molecule has 0 saturated heterocycles. The van der Waals surface area contributed by atoms with E-state index >= 15 is 0 Å². The van der Waals surface area contributed by atoms with Crippen LogP contribution >= 0.6 is 0 Å². The van der Waals surface area contributed by atoms with Crippen LogP contribution in [-0.4, -0.2) is 32.2 Å². The van der Waals surface area contributed by atoms with Crippen LogP contribution in [0.2, 0.25) is 0 Å². The van der Waals surface area contributed by atoms with Crippen molar-refractivity contribution in [1.82, 2.24) is 0 Å². The van der Waals surface area contributed by atoms with Gasteiger partial charge in [-0.15, -0.1) is 0 Å². The Hall–Kier alpha value is 0.597. The van der Waals surface area contributed by atoms with Crippen LogP contribution in [0.25, 0.3) is 0 Å². The molecule has 0 spiro atoms. The van der Waals surface area contributed by atoms with Crippen LogP contribution in [0.15, 0.2) is 17.1 Å². The van der Waals surface area contributed by atoms with Gasteiger partial charge in [0.1, 0.15) is 0 Å². The Bertz CT molecular complexity index is 111. The maximum absolute atomic E-state index is 2.22. The van der Waals surface area contributed by atoms with Crippen molar-refractivity contribution < 1.29 is 0 Å². The SMILES string of the molecule is [Li][c]1ccc[se]1. The first-order valence-electron chi connectivity index (χ1n) is 1.90. The van der Waals surface area contributed by atoms with Crippen LogP contribution in [0.4, 0.5) is 0 Å². The molecule has 6 heavy (non-hydrogen) atoms. The molecule has 26 valence electrons. The van der Waals surface area contributed by atoms with Crippen LogP contribution in [0.3, 0.4) is 0 Å². The van der Waals surface area contributed by atoms with E-state index in [2.05, 4.69) is 34.8 Å². The van der Waals surface area contributed by atoms with E-state index in [0.29, 0.717) is 14.5 Å². The molecule has 0 aliphatic carbocycles. The summed E-state index contributed by atoms with van der Waals surface area (Å²) in [5.74, 6) is 0. The second-order valence-corrected chi connectivity index (χ2v) is 3.64. The predicted octanol–water partition coefficient (Wildman–Crippen LogP) is -0.463. The number of hydrogen-bond acceptors (Lipinski definition) is 0. The fraction of sp³-hybridized carbons (Fsp3) is 0. The molecule has 0 saturated carbocycles. The van der Waals surface area contributed by atoms with Crippen molar-refractivity contribution in [3.8, 4) is 0 Å². The third-order valence-electron chi connectivity index (χ3n) is 0.663. The van der Waals surface area contributed by atoms with Crippen molar-refractivity contribution in [2.45, 2.75) is 0 Å². The molecule has 0 radical (unpaired) electrons. The topological polar surface area (TPSA) is 0 Å². The van der Waals surface area contributed by atoms with Gasteiger partial charge in [-0.1, -0.05) is 0 Å². The van der Waals surface area contributed by atoms with Gasteiger partial charge in [0.15, 0.2) is 0 Å². The molecule has 1 aromatic heterocycles. The van der Waals surface area contributed by atoms with E-state index in [-0.39, 0.29) is 0 Å². The molecule has 0 atom stereocenters. The summed E-state index contributed by atoms with van der Waals surface area (Å²) in [7, 11) is 0. The van der Waals surface area contributed by atoms with Gasteiger partial charge in [0.05, 0.1) is 0 Å². The van der Waals surface area contributed by atoms with Crippen molar-refractivity contribution in [3.63, 3.8) is 0 Å². The molecular weight excluding hydrogens is 134 g/mol. The molecule has 1 heterocycles. The van der Waals surface area contributed by atoms with Crippen molar-refractivity contribution in [1.29, 1.82) is 0 Å². The normalized spacial score (nSPS) is 9.00. The third-order valence-corrected chi connectivity index (χ3v) is 2.34. The minimum absolute atomic E-state index is 0.708. The zero-order valence-corrected chi connectivity index (χ0v) is 5.35. The third kappa shape index (κ3) is 1.03. The summed E-state index contributed by atoms with van der Waals surface area (Å²) in [4.78, 5) is 2.22. The van der Waals surface area contributed by atoms with Gasteiger partial charge in [0, 0.05) is 0 Å². The Balaban J connectivity index is 3.05. The summed E-state index contributed by atoms with van der Waals surface area (Å²) in [6.45, 7) is 0. The molecule has 0 aromatic carbocycles. The first kappa shape index (κ1) is 4.75. The van der Waals surface area contributed by atoms with Gasteiger partial charge in [-0.25, -0.2) is 0 Å². The maximum atomic E-state index is 2.22. The molecule has 0 aliphatic heterocycles. The average Bonchev–Trinajstić information content (AvgIpc) is 1.86. The molecule has 0 nitrogen and oxygen atoms in total.